The number of likely N-dealkylation sites (N-methyl/N-ethyl adjacent to an activating group) is 2. The second-order valence-corrected chi connectivity index (χ2v) is 9.09. The van der Waals surface area contributed by atoms with Gasteiger partial charge < -0.3 is 20.4 Å². The molecular weight excluding hydrogens is 382 g/mol. The van der Waals surface area contributed by atoms with Crippen molar-refractivity contribution in [3.63, 3.8) is 0 Å². The largest absolute Gasteiger partial charge is 0.374 e. The lowest BCUT2D eigenvalue weighted by Crippen LogP contribution is -2.49. The number of piperazine rings is 1. The van der Waals surface area contributed by atoms with E-state index in [0.717, 1.165) is 39.1 Å². The van der Waals surface area contributed by atoms with E-state index in [1.807, 2.05) is 17.5 Å². The maximum absolute atomic E-state index is 12.4. The van der Waals surface area contributed by atoms with E-state index in [4.69, 9.17) is 0 Å². The zero-order chi connectivity index (χ0) is 20.2. The predicted molar refractivity (Wildman–Crippen MR) is 120 cm³/mol. The third kappa shape index (κ3) is 4.91. The van der Waals surface area contributed by atoms with Gasteiger partial charge in [0.25, 0.3) is 0 Å². The van der Waals surface area contributed by atoms with Crippen LogP contribution in [0.1, 0.15) is 22.0 Å². The molecule has 1 saturated heterocycles. The first-order valence-corrected chi connectivity index (χ1v) is 11.3. The highest BCUT2D eigenvalue weighted by molar-refractivity contribution is 7.09. The van der Waals surface area contributed by atoms with Crippen LogP contribution in [0.15, 0.2) is 35.7 Å². The highest BCUT2D eigenvalue weighted by atomic mass is 32.1. The summed E-state index contributed by atoms with van der Waals surface area (Å²) in [4.78, 5) is 20.8. The lowest BCUT2D eigenvalue weighted by molar-refractivity contribution is 0.111. The second-order valence-electron chi connectivity index (χ2n) is 8.06. The smallest absolute Gasteiger partial charge is 0.315 e. The molecule has 0 aliphatic carbocycles. The molecule has 3 heterocycles. The highest BCUT2D eigenvalue weighted by Crippen LogP contribution is 2.31. The van der Waals surface area contributed by atoms with Crippen molar-refractivity contribution in [2.75, 3.05) is 58.3 Å². The van der Waals surface area contributed by atoms with Gasteiger partial charge in [-0.1, -0.05) is 18.2 Å². The normalized spacial score (nSPS) is 18.5. The first kappa shape index (κ1) is 20.2. The number of hydrogen-bond acceptors (Lipinski definition) is 5. The third-order valence-corrected chi connectivity index (χ3v) is 6.93. The van der Waals surface area contributed by atoms with Crippen LogP contribution >= 0.6 is 11.3 Å². The molecule has 0 spiro atoms. The van der Waals surface area contributed by atoms with Crippen LogP contribution < -0.4 is 15.5 Å². The Morgan fingerprint density at radius 1 is 1.10 bits per heavy atom. The Hall–Kier alpha value is -2.09. The molecule has 1 unspecified atom stereocenters. The number of benzene rings is 1. The molecule has 1 atom stereocenters. The van der Waals surface area contributed by atoms with Crippen LogP contribution in [0.3, 0.4) is 0 Å². The van der Waals surface area contributed by atoms with Crippen molar-refractivity contribution < 1.29 is 4.79 Å². The molecule has 2 amide bonds. The van der Waals surface area contributed by atoms with E-state index >= 15 is 0 Å². The molecule has 0 bridgehead atoms. The Bertz CT molecular complexity index is 817. The van der Waals surface area contributed by atoms with Crippen LogP contribution in [-0.2, 0) is 13.0 Å². The zero-order valence-electron chi connectivity index (χ0n) is 17.4. The summed E-state index contributed by atoms with van der Waals surface area (Å²) < 4.78 is 0. The van der Waals surface area contributed by atoms with Gasteiger partial charge in [-0.3, -0.25) is 4.90 Å². The predicted octanol–water partition coefficient (Wildman–Crippen LogP) is 2.53. The molecule has 29 heavy (non-hydrogen) atoms. The molecule has 2 aromatic rings. The molecule has 0 saturated carbocycles. The zero-order valence-corrected chi connectivity index (χ0v) is 18.2. The SMILES string of the molecule is CN1CCN(C(CNC(=O)NCc2cccs2)c2ccc3c(c2)CCN3C)CC1. The number of urea groups is 1. The lowest BCUT2D eigenvalue weighted by Gasteiger charge is -2.38. The third-order valence-electron chi connectivity index (χ3n) is 6.05. The number of hydrogen-bond donors (Lipinski definition) is 2. The Morgan fingerprint density at radius 2 is 1.93 bits per heavy atom. The van der Waals surface area contributed by atoms with E-state index < -0.39 is 0 Å². The molecule has 1 aromatic carbocycles. The fourth-order valence-corrected chi connectivity index (χ4v) is 4.86. The van der Waals surface area contributed by atoms with Crippen molar-refractivity contribution in [3.05, 3.63) is 51.7 Å². The molecule has 7 heteroatoms. The average molecular weight is 414 g/mol. The van der Waals surface area contributed by atoms with Crippen molar-refractivity contribution in [1.29, 1.82) is 0 Å². The van der Waals surface area contributed by atoms with Crippen LogP contribution in [0.25, 0.3) is 0 Å². The van der Waals surface area contributed by atoms with Gasteiger partial charge >= 0.3 is 6.03 Å². The molecule has 2 N–H and O–H groups in total. The summed E-state index contributed by atoms with van der Waals surface area (Å²) in [7, 11) is 4.33. The van der Waals surface area contributed by atoms with Gasteiger partial charge in [-0.2, -0.15) is 0 Å². The Kier molecular flexibility index (Phi) is 6.37. The van der Waals surface area contributed by atoms with Crippen molar-refractivity contribution in [2.24, 2.45) is 0 Å². The average Bonchev–Trinajstić information content (AvgIpc) is 3.38. The summed E-state index contributed by atoms with van der Waals surface area (Å²) in [6.07, 6.45) is 1.10. The number of thiophene rings is 1. The van der Waals surface area contributed by atoms with Crippen molar-refractivity contribution in [1.82, 2.24) is 20.4 Å². The summed E-state index contributed by atoms with van der Waals surface area (Å²) in [6.45, 7) is 6.46. The number of nitrogens with one attached hydrogen (secondary N) is 2. The highest BCUT2D eigenvalue weighted by Gasteiger charge is 2.26. The first-order valence-electron chi connectivity index (χ1n) is 10.4. The summed E-state index contributed by atoms with van der Waals surface area (Å²) in [5, 5.41) is 8.13. The van der Waals surface area contributed by atoms with Gasteiger partial charge in [-0.25, -0.2) is 4.79 Å². The number of rotatable bonds is 6. The van der Waals surface area contributed by atoms with E-state index in [0.29, 0.717) is 13.1 Å². The lowest BCUT2D eigenvalue weighted by atomic mass is 10.00. The molecule has 4 rings (SSSR count). The second kappa shape index (κ2) is 9.15. The van der Waals surface area contributed by atoms with Gasteiger partial charge in [0.1, 0.15) is 0 Å². The molecule has 2 aliphatic heterocycles. The number of anilines is 1. The van der Waals surface area contributed by atoms with Gasteiger partial charge in [0.05, 0.1) is 12.6 Å². The van der Waals surface area contributed by atoms with Gasteiger partial charge in [-0.15, -0.1) is 11.3 Å². The molecule has 6 nitrogen and oxygen atoms in total. The fraction of sp³-hybridized carbons (Fsp3) is 0.500. The van der Waals surface area contributed by atoms with Crippen molar-refractivity contribution in [2.45, 2.75) is 19.0 Å². The van der Waals surface area contributed by atoms with Crippen molar-refractivity contribution >= 4 is 23.1 Å². The summed E-state index contributed by atoms with van der Waals surface area (Å²) in [6, 6.07) is 11.0. The molecule has 156 valence electrons. The Balaban J connectivity index is 1.43. The van der Waals surface area contributed by atoms with Crippen molar-refractivity contribution in [3.8, 4) is 0 Å². The van der Waals surface area contributed by atoms with E-state index in [9.17, 15) is 4.79 Å². The fourth-order valence-electron chi connectivity index (χ4n) is 4.22. The number of fused-ring (bicyclic) bond motifs is 1. The van der Waals surface area contributed by atoms with Crippen LogP contribution in [0.5, 0.6) is 0 Å². The Morgan fingerprint density at radius 3 is 2.69 bits per heavy atom. The number of carbonyl (C=O) groups is 1. The number of carbonyl (C=O) groups excluding carboxylic acids is 1. The van der Waals surface area contributed by atoms with Gasteiger partial charge in [0.2, 0.25) is 0 Å². The minimum atomic E-state index is -0.0987. The van der Waals surface area contributed by atoms with E-state index in [1.165, 1.54) is 21.7 Å². The van der Waals surface area contributed by atoms with E-state index in [2.05, 4.69) is 57.6 Å². The molecule has 1 aromatic heterocycles. The maximum atomic E-state index is 12.4. The minimum Gasteiger partial charge on any atom is -0.374 e. The topological polar surface area (TPSA) is 50.9 Å². The number of nitrogens with zero attached hydrogens (tertiary/aromatic N) is 3. The van der Waals surface area contributed by atoms with Crippen LogP contribution in [-0.4, -0.2) is 69.2 Å². The molecular formula is C22H31N5OS. The van der Waals surface area contributed by atoms with Gasteiger partial charge in [0.15, 0.2) is 0 Å². The van der Waals surface area contributed by atoms with Crippen LogP contribution in [0.4, 0.5) is 10.5 Å². The van der Waals surface area contributed by atoms with E-state index in [1.54, 1.807) is 11.3 Å². The monoisotopic (exact) mass is 413 g/mol. The van der Waals surface area contributed by atoms with E-state index in [-0.39, 0.29) is 12.1 Å². The maximum Gasteiger partial charge on any atom is 0.315 e. The summed E-state index contributed by atoms with van der Waals surface area (Å²) in [5.41, 5.74) is 4.07. The molecule has 0 radical (unpaired) electrons. The molecule has 2 aliphatic rings. The van der Waals surface area contributed by atoms with Gasteiger partial charge in [-0.05, 0) is 42.1 Å². The summed E-state index contributed by atoms with van der Waals surface area (Å²) in [5.74, 6) is 0. The first-order chi connectivity index (χ1) is 14.1. The molecule has 1 fully saturated rings. The van der Waals surface area contributed by atoms with Crippen LogP contribution in [0, 0.1) is 0 Å². The Labute approximate surface area is 177 Å². The minimum absolute atomic E-state index is 0.0987. The summed E-state index contributed by atoms with van der Waals surface area (Å²) >= 11 is 1.66. The number of amides is 2. The van der Waals surface area contributed by atoms with Gasteiger partial charge in [0, 0.05) is 56.9 Å². The standard InChI is InChI=1S/C22H31N5OS/c1-25-9-11-27(12-10-25)21(16-24-22(28)23-15-19-4-3-13-29-19)17-5-6-20-18(14-17)7-8-26(20)2/h3-6,13-14,21H,7-12,15-16H2,1-2H3,(H2,23,24,28). The van der Waals surface area contributed by atoms with Crippen LogP contribution in [0.2, 0.25) is 0 Å². The quantitative estimate of drug-likeness (QED) is 0.764.